The number of anilines is 8. The van der Waals surface area contributed by atoms with Crippen LogP contribution in [0, 0.1) is 13.8 Å². The number of hydrogen-bond acceptors (Lipinski definition) is 4. The molecule has 6 aromatic rings. The Morgan fingerprint density at radius 2 is 0.548 bits per heavy atom. The third kappa shape index (κ3) is 6.62. The second kappa shape index (κ2) is 12.4. The molecule has 0 saturated heterocycles. The Morgan fingerprint density at radius 3 is 0.857 bits per heavy atom. The van der Waals surface area contributed by atoms with Gasteiger partial charge in [0.2, 0.25) is 0 Å². The zero-order valence-electron chi connectivity index (χ0n) is 23.9. The fourth-order valence-corrected chi connectivity index (χ4v) is 5.07. The van der Waals surface area contributed by atoms with Crippen molar-refractivity contribution >= 4 is 45.5 Å². The van der Waals surface area contributed by atoms with Crippen LogP contribution in [0.3, 0.4) is 0 Å². The Kier molecular flexibility index (Phi) is 7.87. The van der Waals surface area contributed by atoms with Gasteiger partial charge in [0.05, 0.1) is 0 Å². The van der Waals surface area contributed by atoms with E-state index in [1.165, 1.54) is 22.3 Å². The van der Waals surface area contributed by atoms with E-state index < -0.39 is 0 Å². The third-order valence-electron chi connectivity index (χ3n) is 7.22. The Labute approximate surface area is 248 Å². The topological polar surface area (TPSA) is 48.1 Å². The van der Waals surface area contributed by atoms with Gasteiger partial charge >= 0.3 is 0 Å². The SMILES string of the molecule is Cc1cc(Nc2ccc(Nc3ccccc3)cc2)ccc1-c1ccc(Nc2ccc(Nc3ccccc3)cc2)cc1C. The van der Waals surface area contributed by atoms with Gasteiger partial charge in [-0.3, -0.25) is 0 Å². The molecule has 0 unspecified atom stereocenters. The van der Waals surface area contributed by atoms with Crippen LogP contribution in [0.25, 0.3) is 11.1 Å². The van der Waals surface area contributed by atoms with Crippen molar-refractivity contribution in [2.45, 2.75) is 13.8 Å². The van der Waals surface area contributed by atoms with Gasteiger partial charge in [0.15, 0.2) is 0 Å². The molecule has 6 aromatic carbocycles. The van der Waals surface area contributed by atoms with E-state index in [0.29, 0.717) is 0 Å². The first-order valence-corrected chi connectivity index (χ1v) is 14.2. The normalized spacial score (nSPS) is 10.6. The molecule has 0 spiro atoms. The van der Waals surface area contributed by atoms with E-state index in [-0.39, 0.29) is 0 Å². The monoisotopic (exact) mass is 546 g/mol. The predicted molar refractivity (Wildman–Crippen MR) is 180 cm³/mol. The van der Waals surface area contributed by atoms with Crippen molar-refractivity contribution in [2.75, 3.05) is 21.3 Å². The minimum Gasteiger partial charge on any atom is -0.356 e. The number of nitrogens with one attached hydrogen (secondary N) is 4. The molecule has 0 heterocycles. The molecule has 0 aliphatic carbocycles. The summed E-state index contributed by atoms with van der Waals surface area (Å²) in [5, 5.41) is 13.9. The molecule has 0 bridgehead atoms. The lowest BCUT2D eigenvalue weighted by Crippen LogP contribution is -1.95. The quantitative estimate of drug-likeness (QED) is 0.146. The molecule has 6 rings (SSSR count). The van der Waals surface area contributed by atoms with Gasteiger partial charge in [-0.25, -0.2) is 0 Å². The maximum absolute atomic E-state index is 3.54. The Hall–Kier alpha value is -5.48. The zero-order chi connectivity index (χ0) is 28.7. The molecule has 0 radical (unpaired) electrons. The molecule has 0 aromatic heterocycles. The molecule has 42 heavy (non-hydrogen) atoms. The highest BCUT2D eigenvalue weighted by Crippen LogP contribution is 2.32. The minimum absolute atomic E-state index is 1.05. The first kappa shape index (κ1) is 26.7. The smallest absolute Gasteiger partial charge is 0.0387 e. The largest absolute Gasteiger partial charge is 0.356 e. The second-order valence-electron chi connectivity index (χ2n) is 10.4. The average Bonchev–Trinajstić information content (AvgIpc) is 3.01. The fourth-order valence-electron chi connectivity index (χ4n) is 5.07. The number of hydrogen-bond donors (Lipinski definition) is 4. The van der Waals surface area contributed by atoms with Crippen LogP contribution in [0.15, 0.2) is 146 Å². The summed E-state index contributed by atoms with van der Waals surface area (Å²) in [5.74, 6) is 0. The molecule has 0 atom stereocenters. The molecule has 4 nitrogen and oxygen atoms in total. The van der Waals surface area contributed by atoms with Gasteiger partial charge in [0, 0.05) is 45.5 Å². The van der Waals surface area contributed by atoms with Crippen LogP contribution in [-0.4, -0.2) is 0 Å². The molecular formula is C38H34N4. The maximum atomic E-state index is 3.54. The summed E-state index contributed by atoms with van der Waals surface area (Å²) in [7, 11) is 0. The minimum atomic E-state index is 1.05. The highest BCUT2D eigenvalue weighted by Gasteiger charge is 2.08. The number of rotatable bonds is 9. The standard InChI is InChI=1S/C38H34N4/c1-27-25-35(41-33-17-13-31(14-18-33)39-29-9-5-3-6-10-29)21-23-37(27)38-24-22-36(26-28(38)2)42-34-19-15-32(16-20-34)40-30-11-7-4-8-12-30/h3-26,39-42H,1-2H3. The van der Waals surface area contributed by atoms with Crippen LogP contribution in [0.4, 0.5) is 45.5 Å². The van der Waals surface area contributed by atoms with Crippen LogP contribution < -0.4 is 21.3 Å². The van der Waals surface area contributed by atoms with E-state index in [9.17, 15) is 0 Å². The van der Waals surface area contributed by atoms with E-state index in [4.69, 9.17) is 0 Å². The first-order valence-electron chi connectivity index (χ1n) is 14.2. The summed E-state index contributed by atoms with van der Waals surface area (Å²) in [4.78, 5) is 0. The van der Waals surface area contributed by atoms with Gasteiger partial charge in [0.25, 0.3) is 0 Å². The molecule has 206 valence electrons. The lowest BCUT2D eigenvalue weighted by atomic mass is 9.95. The highest BCUT2D eigenvalue weighted by atomic mass is 14.9. The molecule has 4 N–H and O–H groups in total. The van der Waals surface area contributed by atoms with Crippen LogP contribution >= 0.6 is 0 Å². The second-order valence-corrected chi connectivity index (χ2v) is 10.4. The average molecular weight is 547 g/mol. The van der Waals surface area contributed by atoms with Crippen molar-refractivity contribution in [3.05, 3.63) is 157 Å². The van der Waals surface area contributed by atoms with E-state index in [0.717, 1.165) is 45.5 Å². The molecule has 0 amide bonds. The van der Waals surface area contributed by atoms with Gasteiger partial charge in [-0.1, -0.05) is 48.5 Å². The number of para-hydroxylation sites is 2. The van der Waals surface area contributed by atoms with Crippen LogP contribution in [-0.2, 0) is 0 Å². The molecule has 0 saturated carbocycles. The van der Waals surface area contributed by atoms with Crippen molar-refractivity contribution in [1.29, 1.82) is 0 Å². The van der Waals surface area contributed by atoms with Crippen LogP contribution in [0.2, 0.25) is 0 Å². The van der Waals surface area contributed by atoms with Crippen molar-refractivity contribution in [3.8, 4) is 11.1 Å². The van der Waals surface area contributed by atoms with E-state index in [1.54, 1.807) is 0 Å². The summed E-state index contributed by atoms with van der Waals surface area (Å²) in [6.07, 6.45) is 0. The van der Waals surface area contributed by atoms with Crippen molar-refractivity contribution in [1.82, 2.24) is 0 Å². The predicted octanol–water partition coefficient (Wildman–Crippen LogP) is 10.9. The van der Waals surface area contributed by atoms with E-state index >= 15 is 0 Å². The maximum Gasteiger partial charge on any atom is 0.0387 e. The van der Waals surface area contributed by atoms with Crippen molar-refractivity contribution in [2.24, 2.45) is 0 Å². The van der Waals surface area contributed by atoms with Crippen molar-refractivity contribution < 1.29 is 0 Å². The van der Waals surface area contributed by atoms with E-state index in [2.05, 4.69) is 144 Å². The zero-order valence-corrected chi connectivity index (χ0v) is 23.9. The Balaban J connectivity index is 1.09. The summed E-state index contributed by atoms with van der Waals surface area (Å²) in [5.41, 5.74) is 13.5. The van der Waals surface area contributed by atoms with E-state index in [1.807, 2.05) is 36.4 Å². The van der Waals surface area contributed by atoms with Crippen LogP contribution in [0.1, 0.15) is 11.1 Å². The lowest BCUT2D eigenvalue weighted by Gasteiger charge is -2.15. The Bertz CT molecular complexity index is 1630. The van der Waals surface area contributed by atoms with Gasteiger partial charge in [0.1, 0.15) is 0 Å². The van der Waals surface area contributed by atoms with Gasteiger partial charge in [-0.2, -0.15) is 0 Å². The number of benzene rings is 6. The van der Waals surface area contributed by atoms with Gasteiger partial charge < -0.3 is 21.3 Å². The Morgan fingerprint density at radius 1 is 0.286 bits per heavy atom. The molecule has 0 aliphatic rings. The van der Waals surface area contributed by atoms with Gasteiger partial charge in [-0.15, -0.1) is 0 Å². The number of aryl methyl sites for hydroxylation is 2. The summed E-state index contributed by atoms with van der Waals surface area (Å²) in [6, 6.07) is 50.3. The summed E-state index contributed by atoms with van der Waals surface area (Å²) >= 11 is 0. The molecule has 0 aliphatic heterocycles. The fraction of sp³-hybridized carbons (Fsp3) is 0.0526. The molecule has 4 heteroatoms. The van der Waals surface area contributed by atoms with Crippen LogP contribution in [0.5, 0.6) is 0 Å². The summed E-state index contributed by atoms with van der Waals surface area (Å²) in [6.45, 7) is 4.34. The first-order chi connectivity index (χ1) is 20.6. The summed E-state index contributed by atoms with van der Waals surface area (Å²) < 4.78 is 0. The van der Waals surface area contributed by atoms with Crippen molar-refractivity contribution in [3.63, 3.8) is 0 Å². The third-order valence-corrected chi connectivity index (χ3v) is 7.22. The highest BCUT2D eigenvalue weighted by molar-refractivity contribution is 5.77. The van der Waals surface area contributed by atoms with Gasteiger partial charge in [-0.05, 0) is 133 Å². The molecular weight excluding hydrogens is 512 g/mol. The molecule has 0 fully saturated rings. The lowest BCUT2D eigenvalue weighted by molar-refractivity contribution is 1.39.